The summed E-state index contributed by atoms with van der Waals surface area (Å²) < 4.78 is 0. The molecule has 0 radical (unpaired) electrons. The van der Waals surface area contributed by atoms with Crippen LogP contribution in [-0.4, -0.2) is 23.3 Å². The highest BCUT2D eigenvalue weighted by molar-refractivity contribution is 6.64. The van der Waals surface area contributed by atoms with Crippen molar-refractivity contribution in [2.75, 3.05) is 13.1 Å². The summed E-state index contributed by atoms with van der Waals surface area (Å²) in [6.45, 7) is 3.64. The number of nitrogens with zero attached hydrogens (tertiary/aromatic N) is 2. The molecule has 1 aliphatic rings. The first-order chi connectivity index (χ1) is 4.34. The molecule has 0 amide bonds. The number of rotatable bonds is 1. The maximum atomic E-state index is 5.71. The van der Waals surface area contributed by atoms with Crippen molar-refractivity contribution in [2.24, 2.45) is 4.99 Å². The zero-order chi connectivity index (χ0) is 6.69. The molecule has 2 nitrogen and oxygen atoms in total. The summed E-state index contributed by atoms with van der Waals surface area (Å²) in [7, 11) is 0. The first-order valence-electron chi connectivity index (χ1n) is 2.98. The van der Waals surface area contributed by atoms with Gasteiger partial charge < -0.3 is 4.90 Å². The normalized spacial score (nSPS) is 18.0. The second-order valence-electron chi connectivity index (χ2n) is 1.78. The van der Waals surface area contributed by atoms with Crippen molar-refractivity contribution in [1.82, 2.24) is 4.90 Å². The van der Waals surface area contributed by atoms with Crippen molar-refractivity contribution in [3.05, 3.63) is 12.3 Å². The molecule has 0 bridgehead atoms. The SMILES string of the molecule is CCN1C=CCN=C1Cl. The summed E-state index contributed by atoms with van der Waals surface area (Å²) in [5, 5.41) is 0.597. The Labute approximate surface area is 59.8 Å². The molecule has 0 fully saturated rings. The predicted octanol–water partition coefficient (Wildman–Crippen LogP) is 1.43. The lowest BCUT2D eigenvalue weighted by Crippen LogP contribution is -2.23. The Morgan fingerprint density at radius 1 is 1.89 bits per heavy atom. The molecule has 0 spiro atoms. The minimum atomic E-state index is 0.597. The van der Waals surface area contributed by atoms with Crippen molar-refractivity contribution in [2.45, 2.75) is 6.92 Å². The molecule has 0 aromatic rings. The molecule has 0 saturated carbocycles. The lowest BCUT2D eigenvalue weighted by atomic mass is 10.5. The number of aliphatic imine (C=N–C) groups is 1. The Bertz CT molecular complexity index is 151. The van der Waals surface area contributed by atoms with E-state index in [1.807, 2.05) is 24.1 Å². The van der Waals surface area contributed by atoms with E-state index in [2.05, 4.69) is 4.99 Å². The van der Waals surface area contributed by atoms with Gasteiger partial charge in [0.25, 0.3) is 0 Å². The average Bonchev–Trinajstić information content (AvgIpc) is 1.89. The first-order valence-corrected chi connectivity index (χ1v) is 3.35. The van der Waals surface area contributed by atoms with Crippen molar-refractivity contribution in [3.8, 4) is 0 Å². The number of hydrogen-bond donors (Lipinski definition) is 0. The van der Waals surface area contributed by atoms with Gasteiger partial charge in [-0.25, -0.2) is 0 Å². The molecule has 3 heteroatoms. The fourth-order valence-electron chi connectivity index (χ4n) is 0.691. The van der Waals surface area contributed by atoms with Crippen molar-refractivity contribution < 1.29 is 0 Å². The summed E-state index contributed by atoms with van der Waals surface area (Å²) in [6.07, 6.45) is 3.94. The summed E-state index contributed by atoms with van der Waals surface area (Å²) >= 11 is 5.71. The van der Waals surface area contributed by atoms with Gasteiger partial charge in [0.05, 0.1) is 6.54 Å². The molecular weight excluding hydrogens is 136 g/mol. The van der Waals surface area contributed by atoms with Crippen LogP contribution in [0.2, 0.25) is 0 Å². The quantitative estimate of drug-likeness (QED) is 0.509. The lowest BCUT2D eigenvalue weighted by Gasteiger charge is -2.17. The van der Waals surface area contributed by atoms with Crippen LogP contribution in [0.3, 0.4) is 0 Å². The van der Waals surface area contributed by atoms with Gasteiger partial charge in [-0.1, -0.05) is 0 Å². The van der Waals surface area contributed by atoms with Gasteiger partial charge >= 0.3 is 0 Å². The van der Waals surface area contributed by atoms with Gasteiger partial charge in [0, 0.05) is 12.7 Å². The van der Waals surface area contributed by atoms with E-state index in [0.717, 1.165) is 13.1 Å². The Morgan fingerprint density at radius 3 is 3.11 bits per heavy atom. The van der Waals surface area contributed by atoms with Crippen LogP contribution in [0.1, 0.15) is 6.92 Å². The molecule has 1 rings (SSSR count). The topological polar surface area (TPSA) is 15.6 Å². The summed E-state index contributed by atoms with van der Waals surface area (Å²) in [5.41, 5.74) is 0. The first kappa shape index (κ1) is 6.62. The van der Waals surface area contributed by atoms with Crippen LogP contribution >= 0.6 is 11.6 Å². The lowest BCUT2D eigenvalue weighted by molar-refractivity contribution is 0.588. The van der Waals surface area contributed by atoms with Gasteiger partial charge in [0.2, 0.25) is 0 Å². The van der Waals surface area contributed by atoms with Gasteiger partial charge in [-0.2, -0.15) is 0 Å². The van der Waals surface area contributed by atoms with Crippen LogP contribution in [0, 0.1) is 0 Å². The molecule has 0 N–H and O–H groups in total. The summed E-state index contributed by atoms with van der Waals surface area (Å²) in [5.74, 6) is 0. The summed E-state index contributed by atoms with van der Waals surface area (Å²) in [4.78, 5) is 5.90. The van der Waals surface area contributed by atoms with Crippen molar-refractivity contribution in [3.63, 3.8) is 0 Å². The second kappa shape index (κ2) is 2.87. The minimum Gasteiger partial charge on any atom is -0.324 e. The molecule has 9 heavy (non-hydrogen) atoms. The van der Waals surface area contributed by atoms with Crippen molar-refractivity contribution >= 4 is 16.9 Å². The average molecular weight is 145 g/mol. The zero-order valence-corrected chi connectivity index (χ0v) is 6.10. The molecule has 0 aromatic heterocycles. The molecular formula is C6H9ClN2. The van der Waals surface area contributed by atoms with Crippen LogP contribution in [0.25, 0.3) is 0 Å². The highest BCUT2D eigenvalue weighted by atomic mass is 35.5. The molecule has 0 aliphatic carbocycles. The van der Waals surface area contributed by atoms with E-state index in [0.29, 0.717) is 5.29 Å². The number of amidine groups is 1. The minimum absolute atomic E-state index is 0.597. The molecule has 0 atom stereocenters. The maximum absolute atomic E-state index is 5.71. The van der Waals surface area contributed by atoms with Crippen LogP contribution < -0.4 is 0 Å². The van der Waals surface area contributed by atoms with Gasteiger partial charge in [0.15, 0.2) is 5.29 Å². The Balaban J connectivity index is 2.59. The van der Waals surface area contributed by atoms with Crippen LogP contribution in [0.4, 0.5) is 0 Å². The standard InChI is InChI=1S/C6H9ClN2/c1-2-9-5-3-4-8-6(9)7/h3,5H,2,4H2,1H3. The predicted molar refractivity (Wildman–Crippen MR) is 39.7 cm³/mol. The van der Waals surface area contributed by atoms with Gasteiger partial charge in [-0.15, -0.1) is 0 Å². The fourth-order valence-corrected chi connectivity index (χ4v) is 0.935. The van der Waals surface area contributed by atoms with Crippen LogP contribution in [-0.2, 0) is 0 Å². The summed E-state index contributed by atoms with van der Waals surface area (Å²) in [6, 6.07) is 0. The molecule has 0 aromatic carbocycles. The monoisotopic (exact) mass is 144 g/mol. The second-order valence-corrected chi connectivity index (χ2v) is 2.12. The van der Waals surface area contributed by atoms with Gasteiger partial charge in [-0.05, 0) is 24.6 Å². The van der Waals surface area contributed by atoms with E-state index in [9.17, 15) is 0 Å². The van der Waals surface area contributed by atoms with E-state index in [4.69, 9.17) is 11.6 Å². The third-order valence-corrected chi connectivity index (χ3v) is 1.53. The van der Waals surface area contributed by atoms with Crippen molar-refractivity contribution in [1.29, 1.82) is 0 Å². The van der Waals surface area contributed by atoms with E-state index in [1.165, 1.54) is 0 Å². The maximum Gasteiger partial charge on any atom is 0.198 e. The molecule has 0 saturated heterocycles. The Hall–Kier alpha value is -0.500. The fraction of sp³-hybridized carbons (Fsp3) is 0.500. The molecule has 1 aliphatic heterocycles. The van der Waals surface area contributed by atoms with E-state index >= 15 is 0 Å². The highest BCUT2D eigenvalue weighted by Crippen LogP contribution is 2.02. The van der Waals surface area contributed by atoms with Gasteiger partial charge in [0.1, 0.15) is 0 Å². The van der Waals surface area contributed by atoms with Gasteiger partial charge in [-0.3, -0.25) is 4.99 Å². The highest BCUT2D eigenvalue weighted by Gasteiger charge is 2.03. The van der Waals surface area contributed by atoms with Crippen LogP contribution in [0.15, 0.2) is 17.3 Å². The Kier molecular flexibility index (Phi) is 2.11. The molecule has 50 valence electrons. The van der Waals surface area contributed by atoms with E-state index in [1.54, 1.807) is 0 Å². The van der Waals surface area contributed by atoms with E-state index < -0.39 is 0 Å². The van der Waals surface area contributed by atoms with Crippen LogP contribution in [0.5, 0.6) is 0 Å². The molecule has 0 unspecified atom stereocenters. The molecule has 1 heterocycles. The third-order valence-electron chi connectivity index (χ3n) is 1.19. The Morgan fingerprint density at radius 2 is 2.67 bits per heavy atom. The third kappa shape index (κ3) is 1.45. The van der Waals surface area contributed by atoms with E-state index in [-0.39, 0.29) is 0 Å². The zero-order valence-electron chi connectivity index (χ0n) is 5.34. The smallest absolute Gasteiger partial charge is 0.198 e. The largest absolute Gasteiger partial charge is 0.324 e. The number of hydrogen-bond acceptors (Lipinski definition) is 2. The number of halogens is 1.